The van der Waals surface area contributed by atoms with Crippen LogP contribution in [-0.2, 0) is 28.0 Å². The van der Waals surface area contributed by atoms with Crippen LogP contribution in [0.25, 0.3) is 0 Å². The molecule has 0 radical (unpaired) electrons. The minimum Gasteiger partial charge on any atom is -0.504 e. The third-order valence-electron chi connectivity index (χ3n) is 12.4. The molecule has 1 amide bonds. The van der Waals surface area contributed by atoms with Crippen LogP contribution in [0.2, 0.25) is 0 Å². The van der Waals surface area contributed by atoms with Crippen LogP contribution < -0.4 is 34.3 Å². The summed E-state index contributed by atoms with van der Waals surface area (Å²) < 4.78 is 29.6. The first-order valence-electron chi connectivity index (χ1n) is 18.2. The molecule has 0 aromatic heterocycles. The molecule has 0 aliphatic carbocycles. The summed E-state index contributed by atoms with van der Waals surface area (Å²) >= 11 is 1.51. The maximum Gasteiger partial charge on any atom is 0.308 e. The van der Waals surface area contributed by atoms with Gasteiger partial charge in [0.15, 0.2) is 34.5 Å². The smallest absolute Gasteiger partial charge is 0.308 e. The third kappa shape index (κ3) is 4.74. The van der Waals surface area contributed by atoms with Crippen molar-refractivity contribution in [2.75, 3.05) is 46.9 Å². The van der Waals surface area contributed by atoms with Gasteiger partial charge in [-0.1, -0.05) is 6.07 Å². The number of aromatic hydroxyl groups is 2. The van der Waals surface area contributed by atoms with Crippen LogP contribution >= 0.6 is 11.8 Å². The third-order valence-corrected chi connectivity index (χ3v) is 13.9. The largest absolute Gasteiger partial charge is 0.504 e. The molecule has 15 heteroatoms. The molecule has 3 aromatic carbocycles. The van der Waals surface area contributed by atoms with E-state index in [4.69, 9.17) is 23.7 Å². The van der Waals surface area contributed by atoms with Crippen molar-refractivity contribution in [2.45, 2.75) is 74.8 Å². The van der Waals surface area contributed by atoms with Crippen molar-refractivity contribution in [3.8, 4) is 40.2 Å². The van der Waals surface area contributed by atoms with E-state index in [1.807, 2.05) is 27.0 Å². The molecule has 14 nitrogen and oxygen atoms in total. The molecular weight excluding hydrogens is 717 g/mol. The number of benzene rings is 3. The minimum absolute atomic E-state index is 0.00218. The fraction of sp³-hybridized carbons (Fsp3) is 0.487. The molecule has 54 heavy (non-hydrogen) atoms. The Bertz CT molecular complexity index is 2130. The van der Waals surface area contributed by atoms with Gasteiger partial charge in [-0.25, -0.2) is 0 Å². The van der Waals surface area contributed by atoms with E-state index < -0.39 is 41.1 Å². The Morgan fingerprint density at radius 3 is 2.56 bits per heavy atom. The highest BCUT2D eigenvalue weighted by molar-refractivity contribution is 7.99. The quantitative estimate of drug-likeness (QED) is 0.195. The number of hydrogen-bond donors (Lipinski definition) is 5. The van der Waals surface area contributed by atoms with Crippen molar-refractivity contribution in [2.24, 2.45) is 0 Å². The first-order chi connectivity index (χ1) is 25.9. The van der Waals surface area contributed by atoms with Crippen molar-refractivity contribution in [1.29, 1.82) is 0 Å². The second kappa shape index (κ2) is 12.6. The lowest BCUT2D eigenvalue weighted by atomic mass is 9.72. The monoisotopic (exact) mass is 760 g/mol. The molecule has 7 aliphatic rings. The predicted molar refractivity (Wildman–Crippen MR) is 197 cm³/mol. The van der Waals surface area contributed by atoms with Gasteiger partial charge < -0.3 is 44.3 Å². The summed E-state index contributed by atoms with van der Waals surface area (Å²) in [5, 5.41) is 41.6. The Kier molecular flexibility index (Phi) is 8.21. The fourth-order valence-corrected chi connectivity index (χ4v) is 11.8. The molecule has 7 aliphatic heterocycles. The number of rotatable bonds is 3. The van der Waals surface area contributed by atoms with Crippen molar-refractivity contribution in [1.82, 2.24) is 20.4 Å². The topological polar surface area (TPSA) is 172 Å². The molecule has 1 unspecified atom stereocenters. The van der Waals surface area contributed by atoms with Crippen LogP contribution in [0.3, 0.4) is 0 Å². The number of carbonyl (C=O) groups is 2. The van der Waals surface area contributed by atoms with Gasteiger partial charge in [0.25, 0.3) is 0 Å². The van der Waals surface area contributed by atoms with E-state index in [0.29, 0.717) is 59.1 Å². The number of fused-ring (bicyclic) bond motifs is 9. The highest BCUT2D eigenvalue weighted by atomic mass is 32.2. The Hall–Kier alpha value is -4.41. The first kappa shape index (κ1) is 35.3. The molecule has 2 saturated heterocycles. The summed E-state index contributed by atoms with van der Waals surface area (Å²) in [5.41, 5.74) is 4.74. The highest BCUT2D eigenvalue weighted by Gasteiger charge is 2.61. The van der Waals surface area contributed by atoms with E-state index in [1.54, 1.807) is 19.2 Å². The molecule has 7 heterocycles. The van der Waals surface area contributed by atoms with Gasteiger partial charge in [-0.15, -0.1) is 11.8 Å². The van der Waals surface area contributed by atoms with E-state index in [-0.39, 0.29) is 48.3 Å². The molecule has 10 rings (SSSR count). The number of methoxy groups -OCH3 is 2. The standard InChI is InChI=1S/C39H44N4O10S/c1-16-9-20-10-22-37(47)43-23-13-40-38(48)39(21-12-25(49-5)24(45)11-19(21)7-8-41-39)14-54-36(30(43)29(42(22)4)26(20)31(46)32(16)50-6)28-27(23)35-34(51-15-52-35)17(2)33(28)53-18(3)44/h9,11-12,22-23,29-30,36-37,41,45-47H,7-8,10,13-15H2,1-6H3,(H,40,48)/t22-,23+,29+,30?,36-,37+,39-/m1/s1. The van der Waals surface area contributed by atoms with E-state index in [2.05, 4.69) is 20.4 Å². The van der Waals surface area contributed by atoms with Crippen molar-refractivity contribution in [3.05, 3.63) is 62.7 Å². The van der Waals surface area contributed by atoms with E-state index >= 15 is 0 Å². The zero-order valence-corrected chi connectivity index (χ0v) is 31.8. The molecule has 0 saturated carbocycles. The van der Waals surface area contributed by atoms with Gasteiger partial charge in [-0.05, 0) is 68.1 Å². The van der Waals surface area contributed by atoms with Crippen LogP contribution in [-0.4, -0.2) is 102 Å². The number of hydrogen-bond acceptors (Lipinski definition) is 14. The number of likely N-dealkylation sites (N-methyl/N-ethyl adjacent to an activating group) is 1. The van der Waals surface area contributed by atoms with Gasteiger partial charge in [0, 0.05) is 54.1 Å². The summed E-state index contributed by atoms with van der Waals surface area (Å²) in [6.45, 7) is 5.60. The SMILES string of the molecule is COc1cc2c(cc1O)CCN[C@]21CS[C@@H]2c3c(OC(C)=O)c(C)c4c(c3[C@H](CNC1=O)N1C2[C@@H]2c3c(cc(C)c(OC)c3O)C[C@H]([C@@H]1O)N2C)OCO4. The van der Waals surface area contributed by atoms with Gasteiger partial charge in [0.2, 0.25) is 12.7 Å². The number of aryl methyl sites for hydroxylation is 1. The Balaban J connectivity index is 1.32. The summed E-state index contributed by atoms with van der Waals surface area (Å²) in [6, 6.07) is 3.42. The number of carbonyl (C=O) groups excluding carboxylic acids is 2. The number of nitrogens with zero attached hydrogens (tertiary/aromatic N) is 2. The van der Waals surface area contributed by atoms with Gasteiger partial charge in [0.1, 0.15) is 17.5 Å². The van der Waals surface area contributed by atoms with Crippen LogP contribution in [0.15, 0.2) is 18.2 Å². The van der Waals surface area contributed by atoms with Crippen LogP contribution in [0.1, 0.15) is 68.8 Å². The van der Waals surface area contributed by atoms with E-state index in [9.17, 15) is 24.9 Å². The van der Waals surface area contributed by atoms with Gasteiger partial charge >= 0.3 is 5.97 Å². The van der Waals surface area contributed by atoms with E-state index in [0.717, 1.165) is 27.8 Å². The number of esters is 1. The lowest BCUT2D eigenvalue weighted by Crippen LogP contribution is -2.70. The Labute approximate surface area is 316 Å². The number of amides is 1. The predicted octanol–water partition coefficient (Wildman–Crippen LogP) is 2.99. The summed E-state index contributed by atoms with van der Waals surface area (Å²) in [4.78, 5) is 31.9. The zero-order chi connectivity index (χ0) is 38.0. The lowest BCUT2D eigenvalue weighted by Gasteiger charge is -2.62. The number of thioether (sulfide) groups is 1. The maximum atomic E-state index is 14.8. The van der Waals surface area contributed by atoms with Gasteiger partial charge in [-0.2, -0.15) is 0 Å². The molecule has 4 bridgehead atoms. The number of aliphatic hydroxyl groups excluding tert-OH is 1. The molecule has 3 aromatic rings. The summed E-state index contributed by atoms with van der Waals surface area (Å²) in [5.74, 6) is 1.45. The second-order valence-corrected chi connectivity index (χ2v) is 16.2. The van der Waals surface area contributed by atoms with Crippen LogP contribution in [0.5, 0.6) is 40.2 Å². The maximum absolute atomic E-state index is 14.8. The highest BCUT2D eigenvalue weighted by Crippen LogP contribution is 2.64. The van der Waals surface area contributed by atoms with Crippen LogP contribution in [0.4, 0.5) is 0 Å². The molecule has 7 atom stereocenters. The molecule has 2 fully saturated rings. The number of ether oxygens (including phenoxy) is 5. The van der Waals surface area contributed by atoms with Crippen molar-refractivity contribution < 1.29 is 48.6 Å². The lowest BCUT2D eigenvalue weighted by molar-refractivity contribution is -0.173. The number of phenolic OH excluding ortho intramolecular Hbond substituents is 2. The molecular formula is C39H44N4O10S. The Morgan fingerprint density at radius 1 is 1.04 bits per heavy atom. The fourth-order valence-electron chi connectivity index (χ4n) is 10.1. The first-order valence-corrected chi connectivity index (χ1v) is 19.2. The summed E-state index contributed by atoms with van der Waals surface area (Å²) in [7, 11) is 4.99. The number of nitrogens with one attached hydrogen (secondary N) is 2. The Morgan fingerprint density at radius 2 is 1.81 bits per heavy atom. The average Bonchev–Trinajstić information content (AvgIpc) is 3.63. The van der Waals surface area contributed by atoms with Crippen molar-refractivity contribution >= 4 is 23.6 Å². The normalized spacial score (nSPS) is 29.4. The zero-order valence-electron chi connectivity index (χ0n) is 30.9. The number of phenols is 2. The number of piperazine rings is 1. The number of aliphatic hydroxyl groups is 1. The van der Waals surface area contributed by atoms with Gasteiger partial charge in [0.05, 0.1) is 37.6 Å². The summed E-state index contributed by atoms with van der Waals surface area (Å²) in [6.07, 6.45) is 0.0600. The van der Waals surface area contributed by atoms with Gasteiger partial charge in [-0.3, -0.25) is 24.7 Å². The molecule has 1 spiro atoms. The van der Waals surface area contributed by atoms with E-state index in [1.165, 1.54) is 25.8 Å². The molecule has 5 N–H and O–H groups in total. The van der Waals surface area contributed by atoms with Crippen molar-refractivity contribution in [3.63, 3.8) is 0 Å². The second-order valence-electron chi connectivity index (χ2n) is 15.0. The average molecular weight is 761 g/mol. The minimum atomic E-state index is -1.25. The molecule has 286 valence electrons. The van der Waals surface area contributed by atoms with Crippen LogP contribution in [0, 0.1) is 13.8 Å².